The highest BCUT2D eigenvalue weighted by atomic mass is 35.5. The van der Waals surface area contributed by atoms with Gasteiger partial charge in [0, 0.05) is 50.0 Å². The number of hydrogen-bond donors (Lipinski definition) is 1. The van der Waals surface area contributed by atoms with Crippen LogP contribution in [0.25, 0.3) is 0 Å². The maximum absolute atomic E-state index is 10.5. The number of anilines is 1. The summed E-state index contributed by atoms with van der Waals surface area (Å²) < 4.78 is 6.32. The van der Waals surface area contributed by atoms with Gasteiger partial charge in [0.15, 0.2) is 0 Å². The molecule has 4 rings (SSSR count). The minimum absolute atomic E-state index is 0.305. The van der Waals surface area contributed by atoms with Gasteiger partial charge in [-0.25, -0.2) is 0 Å². The van der Waals surface area contributed by atoms with E-state index in [2.05, 4.69) is 36.6 Å². The van der Waals surface area contributed by atoms with E-state index in [4.69, 9.17) is 16.3 Å². The van der Waals surface area contributed by atoms with E-state index in [9.17, 15) is 5.11 Å². The van der Waals surface area contributed by atoms with Crippen LogP contribution in [0.15, 0.2) is 24.3 Å². The Bertz CT molecular complexity index is 704. The third kappa shape index (κ3) is 4.19. The van der Waals surface area contributed by atoms with E-state index in [1.165, 1.54) is 24.9 Å². The van der Waals surface area contributed by atoms with Crippen LogP contribution in [-0.4, -0.2) is 61.5 Å². The number of halogens is 1. The second-order valence-corrected chi connectivity index (χ2v) is 10.6. The Morgan fingerprint density at radius 1 is 1.21 bits per heavy atom. The molecule has 162 valence electrons. The number of benzene rings is 1. The smallest absolute Gasteiger partial charge is 0.0689 e. The summed E-state index contributed by atoms with van der Waals surface area (Å²) in [5.41, 5.74) is 1.88. The summed E-state index contributed by atoms with van der Waals surface area (Å²) >= 11 is 6.12. The number of hydrogen-bond acceptors (Lipinski definition) is 4. The molecule has 3 fully saturated rings. The highest BCUT2D eigenvalue weighted by molar-refractivity contribution is 6.30. The van der Waals surface area contributed by atoms with Gasteiger partial charge in [0.1, 0.15) is 0 Å². The van der Waals surface area contributed by atoms with E-state index in [1.807, 2.05) is 18.2 Å². The quantitative estimate of drug-likeness (QED) is 0.707. The van der Waals surface area contributed by atoms with Crippen molar-refractivity contribution in [1.82, 2.24) is 4.90 Å². The minimum Gasteiger partial charge on any atom is -0.392 e. The Labute approximate surface area is 181 Å². The van der Waals surface area contributed by atoms with Gasteiger partial charge in [-0.1, -0.05) is 38.4 Å². The predicted octanol–water partition coefficient (Wildman–Crippen LogP) is 4.44. The van der Waals surface area contributed by atoms with Crippen LogP contribution in [0.2, 0.25) is 5.02 Å². The summed E-state index contributed by atoms with van der Waals surface area (Å²) in [5, 5.41) is 11.3. The van der Waals surface area contributed by atoms with Crippen LogP contribution in [0, 0.1) is 16.7 Å². The zero-order chi connectivity index (χ0) is 20.6. The van der Waals surface area contributed by atoms with Gasteiger partial charge >= 0.3 is 0 Å². The van der Waals surface area contributed by atoms with Crippen molar-refractivity contribution in [3.63, 3.8) is 0 Å². The number of ether oxygens (including phenoxy) is 1. The van der Waals surface area contributed by atoms with Crippen molar-refractivity contribution in [2.24, 2.45) is 16.7 Å². The Hall–Kier alpha value is -0.810. The average molecular weight is 421 g/mol. The van der Waals surface area contributed by atoms with Crippen LogP contribution in [0.4, 0.5) is 5.69 Å². The molecule has 2 aliphatic carbocycles. The number of fused-ring (bicyclic) bond motifs is 2. The fourth-order valence-electron chi connectivity index (χ4n) is 5.98. The lowest BCUT2D eigenvalue weighted by molar-refractivity contribution is -0.0564. The molecule has 1 saturated heterocycles. The standard InChI is InChI=1S/C24H37ClN2O2/c1-23(2)18-7-9-24(23,3)22(15-18)29-14-8-21(28)17-26-10-12-27(13-11-26)20-6-4-5-19(25)16-20/h4-6,16,18,21-22,28H,7-15,17H2,1-3H3/t18-,21+,22+,24-/m0/s1. The first kappa shape index (κ1) is 21.4. The first-order valence-corrected chi connectivity index (χ1v) is 11.7. The largest absolute Gasteiger partial charge is 0.392 e. The number of nitrogens with zero attached hydrogens (tertiary/aromatic N) is 2. The molecular weight excluding hydrogens is 384 g/mol. The number of aliphatic hydroxyl groups is 1. The first-order chi connectivity index (χ1) is 13.8. The number of aliphatic hydroxyl groups excluding tert-OH is 1. The monoisotopic (exact) mass is 420 g/mol. The van der Waals surface area contributed by atoms with Crippen molar-refractivity contribution in [2.75, 3.05) is 44.2 Å². The van der Waals surface area contributed by atoms with Gasteiger partial charge in [-0.2, -0.15) is 0 Å². The molecule has 1 heterocycles. The number of piperazine rings is 1. The second-order valence-electron chi connectivity index (χ2n) is 10.2. The molecule has 0 aromatic heterocycles. The third-order valence-corrected chi connectivity index (χ3v) is 8.73. The van der Waals surface area contributed by atoms with Crippen molar-refractivity contribution in [3.8, 4) is 0 Å². The van der Waals surface area contributed by atoms with Gasteiger partial charge in [-0.15, -0.1) is 0 Å². The minimum atomic E-state index is -0.313. The van der Waals surface area contributed by atoms with Crippen LogP contribution < -0.4 is 4.90 Å². The summed E-state index contributed by atoms with van der Waals surface area (Å²) in [6, 6.07) is 8.06. The molecule has 3 aliphatic rings. The van der Waals surface area contributed by atoms with Crippen LogP contribution >= 0.6 is 11.6 Å². The van der Waals surface area contributed by atoms with Crippen LogP contribution in [0.1, 0.15) is 46.5 Å². The lowest BCUT2D eigenvalue weighted by Gasteiger charge is -2.39. The summed E-state index contributed by atoms with van der Waals surface area (Å²) in [5.74, 6) is 0.804. The molecule has 1 aliphatic heterocycles. The molecule has 1 N–H and O–H groups in total. The maximum Gasteiger partial charge on any atom is 0.0689 e. The molecule has 0 radical (unpaired) electrons. The molecule has 5 heteroatoms. The Kier molecular flexibility index (Phi) is 6.19. The molecular formula is C24H37ClN2O2. The fraction of sp³-hybridized carbons (Fsp3) is 0.750. The van der Waals surface area contributed by atoms with Crippen LogP contribution in [-0.2, 0) is 4.74 Å². The van der Waals surface area contributed by atoms with Crippen molar-refractivity contribution in [3.05, 3.63) is 29.3 Å². The summed E-state index contributed by atoms with van der Waals surface area (Å²) in [6.07, 6.45) is 4.62. The van der Waals surface area contributed by atoms with Crippen molar-refractivity contribution >= 4 is 17.3 Å². The first-order valence-electron chi connectivity index (χ1n) is 11.3. The third-order valence-electron chi connectivity index (χ3n) is 8.50. The van der Waals surface area contributed by atoms with Crippen LogP contribution in [0.5, 0.6) is 0 Å². The van der Waals surface area contributed by atoms with Crippen molar-refractivity contribution < 1.29 is 9.84 Å². The van der Waals surface area contributed by atoms with Gasteiger partial charge in [-0.05, 0) is 60.6 Å². The average Bonchev–Trinajstić information content (AvgIpc) is 3.02. The maximum atomic E-state index is 10.5. The molecule has 0 unspecified atom stereocenters. The van der Waals surface area contributed by atoms with E-state index < -0.39 is 0 Å². The summed E-state index contributed by atoms with van der Waals surface area (Å²) in [7, 11) is 0. The summed E-state index contributed by atoms with van der Waals surface area (Å²) in [6.45, 7) is 12.6. The van der Waals surface area contributed by atoms with E-state index in [-0.39, 0.29) is 6.10 Å². The topological polar surface area (TPSA) is 35.9 Å². The molecule has 2 bridgehead atoms. The molecule has 29 heavy (non-hydrogen) atoms. The van der Waals surface area contributed by atoms with E-state index in [1.54, 1.807) is 0 Å². The van der Waals surface area contributed by atoms with Crippen LogP contribution in [0.3, 0.4) is 0 Å². The Balaban J connectivity index is 1.17. The van der Waals surface area contributed by atoms with Gasteiger partial charge in [0.2, 0.25) is 0 Å². The Morgan fingerprint density at radius 2 is 1.97 bits per heavy atom. The van der Waals surface area contributed by atoms with E-state index in [0.29, 0.717) is 23.5 Å². The lowest BCUT2D eigenvalue weighted by atomic mass is 9.70. The highest BCUT2D eigenvalue weighted by Gasteiger charge is 2.61. The number of β-amino-alcohol motifs (C(OH)–C–C–N with tert-alkyl or cyclic N) is 1. The SMILES string of the molecule is CC1(C)[C@H]2CC[C@@]1(C)[C@H](OCC[C@@H](O)CN1CCN(c3cccc(Cl)c3)CC1)C2. The van der Waals surface area contributed by atoms with E-state index >= 15 is 0 Å². The highest BCUT2D eigenvalue weighted by Crippen LogP contribution is 2.66. The molecule has 2 saturated carbocycles. The van der Waals surface area contributed by atoms with E-state index in [0.717, 1.165) is 50.1 Å². The van der Waals surface area contributed by atoms with Crippen molar-refractivity contribution in [1.29, 1.82) is 0 Å². The van der Waals surface area contributed by atoms with Crippen molar-refractivity contribution in [2.45, 2.75) is 58.7 Å². The van der Waals surface area contributed by atoms with Gasteiger partial charge in [0.05, 0.1) is 12.2 Å². The number of rotatable bonds is 7. The van der Waals surface area contributed by atoms with Gasteiger partial charge < -0.3 is 14.7 Å². The molecule has 4 atom stereocenters. The Morgan fingerprint density at radius 3 is 2.59 bits per heavy atom. The summed E-state index contributed by atoms with van der Waals surface area (Å²) in [4.78, 5) is 4.74. The lowest BCUT2D eigenvalue weighted by Crippen LogP contribution is -2.48. The molecule has 1 aromatic rings. The van der Waals surface area contributed by atoms with Gasteiger partial charge in [0.25, 0.3) is 0 Å². The second kappa shape index (κ2) is 8.37. The molecule has 0 amide bonds. The van der Waals surface area contributed by atoms with Gasteiger partial charge in [-0.3, -0.25) is 4.90 Å². The molecule has 0 spiro atoms. The zero-order valence-electron chi connectivity index (χ0n) is 18.2. The molecule has 1 aromatic carbocycles. The fourth-order valence-corrected chi connectivity index (χ4v) is 6.16. The predicted molar refractivity (Wildman–Crippen MR) is 120 cm³/mol. The zero-order valence-corrected chi connectivity index (χ0v) is 19.0. The normalized spacial score (nSPS) is 32.7. The molecule has 4 nitrogen and oxygen atoms in total.